The normalized spacial score (nSPS) is 22.6. The molecule has 0 saturated carbocycles. The van der Waals surface area contributed by atoms with Gasteiger partial charge in [-0.3, -0.25) is 0 Å². The SMILES string of the molecule is COc1ccc(-c2cc(C3OC(C)O3)no2)cc1. The summed E-state index contributed by atoms with van der Waals surface area (Å²) in [5.74, 6) is 1.48. The zero-order valence-electron chi connectivity index (χ0n) is 10.1. The van der Waals surface area contributed by atoms with E-state index in [-0.39, 0.29) is 6.29 Å². The summed E-state index contributed by atoms with van der Waals surface area (Å²) in [6.45, 7) is 1.83. The van der Waals surface area contributed by atoms with Crippen LogP contribution in [0, 0.1) is 0 Å². The molecule has 1 aliphatic rings. The van der Waals surface area contributed by atoms with E-state index in [4.69, 9.17) is 18.7 Å². The van der Waals surface area contributed by atoms with Crippen LogP contribution in [0.4, 0.5) is 0 Å². The van der Waals surface area contributed by atoms with Crippen molar-refractivity contribution >= 4 is 0 Å². The molecule has 0 aliphatic carbocycles. The molecule has 0 atom stereocenters. The van der Waals surface area contributed by atoms with Crippen LogP contribution in [0.1, 0.15) is 18.9 Å². The second-order valence-electron chi connectivity index (χ2n) is 4.02. The molecule has 1 aliphatic heterocycles. The predicted octanol–water partition coefficient (Wildman–Crippen LogP) is 2.74. The van der Waals surface area contributed by atoms with Crippen LogP contribution in [0.25, 0.3) is 11.3 Å². The highest BCUT2D eigenvalue weighted by atomic mass is 16.9. The van der Waals surface area contributed by atoms with Crippen LogP contribution in [0.2, 0.25) is 0 Å². The van der Waals surface area contributed by atoms with Gasteiger partial charge in [0.2, 0.25) is 6.29 Å². The van der Waals surface area contributed by atoms with Crippen LogP contribution in [-0.2, 0) is 9.47 Å². The van der Waals surface area contributed by atoms with Gasteiger partial charge >= 0.3 is 0 Å². The number of nitrogens with zero attached hydrogens (tertiary/aromatic N) is 1. The van der Waals surface area contributed by atoms with Crippen molar-refractivity contribution in [3.8, 4) is 17.1 Å². The molecule has 2 heterocycles. The largest absolute Gasteiger partial charge is 0.497 e. The molecule has 0 spiro atoms. The molecule has 1 fully saturated rings. The van der Waals surface area contributed by atoms with Gasteiger partial charge in [-0.1, -0.05) is 5.16 Å². The summed E-state index contributed by atoms with van der Waals surface area (Å²) in [6.07, 6.45) is -0.577. The summed E-state index contributed by atoms with van der Waals surface area (Å²) < 4.78 is 21.1. The monoisotopic (exact) mass is 247 g/mol. The van der Waals surface area contributed by atoms with Crippen molar-refractivity contribution in [2.75, 3.05) is 7.11 Å². The molecule has 0 radical (unpaired) electrons. The van der Waals surface area contributed by atoms with Crippen molar-refractivity contribution in [3.63, 3.8) is 0 Å². The molecule has 3 rings (SSSR count). The van der Waals surface area contributed by atoms with Gasteiger partial charge in [-0.05, 0) is 31.2 Å². The number of rotatable bonds is 3. The highest BCUT2D eigenvalue weighted by Crippen LogP contribution is 2.33. The topological polar surface area (TPSA) is 53.7 Å². The Hall–Kier alpha value is -1.85. The van der Waals surface area contributed by atoms with Gasteiger partial charge in [-0.15, -0.1) is 0 Å². The maximum atomic E-state index is 5.35. The first-order valence-corrected chi connectivity index (χ1v) is 5.68. The minimum Gasteiger partial charge on any atom is -0.497 e. The van der Waals surface area contributed by atoms with E-state index < -0.39 is 6.29 Å². The quantitative estimate of drug-likeness (QED) is 0.834. The first-order valence-electron chi connectivity index (χ1n) is 5.68. The molecule has 0 amide bonds. The van der Waals surface area contributed by atoms with Gasteiger partial charge in [-0.25, -0.2) is 0 Å². The third kappa shape index (κ3) is 1.98. The Morgan fingerprint density at radius 2 is 1.89 bits per heavy atom. The Bertz CT molecular complexity index is 528. The summed E-state index contributed by atoms with van der Waals surface area (Å²) in [6, 6.07) is 9.38. The fourth-order valence-corrected chi connectivity index (χ4v) is 1.79. The number of hydrogen-bond acceptors (Lipinski definition) is 5. The van der Waals surface area contributed by atoms with E-state index in [1.165, 1.54) is 0 Å². The summed E-state index contributed by atoms with van der Waals surface area (Å²) in [4.78, 5) is 0. The molecule has 94 valence electrons. The van der Waals surface area contributed by atoms with Crippen LogP contribution in [0.3, 0.4) is 0 Å². The first-order chi connectivity index (χ1) is 8.76. The van der Waals surface area contributed by atoms with Crippen molar-refractivity contribution < 1.29 is 18.7 Å². The van der Waals surface area contributed by atoms with Crippen LogP contribution >= 0.6 is 0 Å². The first kappa shape index (κ1) is 11.3. The lowest BCUT2D eigenvalue weighted by molar-refractivity contribution is -0.384. The average molecular weight is 247 g/mol. The third-order valence-corrected chi connectivity index (χ3v) is 2.77. The van der Waals surface area contributed by atoms with Gasteiger partial charge in [0.25, 0.3) is 0 Å². The number of methoxy groups -OCH3 is 1. The molecule has 5 nitrogen and oxygen atoms in total. The van der Waals surface area contributed by atoms with E-state index in [1.54, 1.807) is 7.11 Å². The molecule has 0 unspecified atom stereocenters. The van der Waals surface area contributed by atoms with E-state index in [0.29, 0.717) is 11.5 Å². The van der Waals surface area contributed by atoms with E-state index in [2.05, 4.69) is 5.16 Å². The van der Waals surface area contributed by atoms with Gasteiger partial charge in [0.05, 0.1) is 7.11 Å². The lowest BCUT2D eigenvalue weighted by Crippen LogP contribution is -2.31. The summed E-state index contributed by atoms with van der Waals surface area (Å²) in [7, 11) is 1.63. The van der Waals surface area contributed by atoms with Crippen LogP contribution in [-0.4, -0.2) is 18.6 Å². The number of ether oxygens (including phenoxy) is 3. The van der Waals surface area contributed by atoms with Crippen molar-refractivity contribution in [2.45, 2.75) is 19.5 Å². The lowest BCUT2D eigenvalue weighted by Gasteiger charge is -2.31. The predicted molar refractivity (Wildman–Crippen MR) is 62.9 cm³/mol. The number of hydrogen-bond donors (Lipinski definition) is 0. The molecule has 1 saturated heterocycles. The van der Waals surface area contributed by atoms with Gasteiger partial charge < -0.3 is 18.7 Å². The van der Waals surface area contributed by atoms with Crippen molar-refractivity contribution in [1.29, 1.82) is 0 Å². The Morgan fingerprint density at radius 3 is 2.50 bits per heavy atom. The zero-order valence-corrected chi connectivity index (χ0v) is 10.1. The van der Waals surface area contributed by atoms with Gasteiger partial charge in [0.1, 0.15) is 11.4 Å². The smallest absolute Gasteiger partial charge is 0.209 e. The summed E-state index contributed by atoms with van der Waals surface area (Å²) in [5, 5.41) is 3.94. The molecule has 2 aromatic rings. The molecule has 1 aromatic carbocycles. The second-order valence-corrected chi connectivity index (χ2v) is 4.02. The Balaban J connectivity index is 1.79. The highest BCUT2D eigenvalue weighted by Gasteiger charge is 2.31. The van der Waals surface area contributed by atoms with Crippen molar-refractivity contribution in [1.82, 2.24) is 5.16 Å². The fourth-order valence-electron chi connectivity index (χ4n) is 1.79. The molecule has 5 heteroatoms. The Kier molecular flexibility index (Phi) is 2.77. The van der Waals surface area contributed by atoms with E-state index >= 15 is 0 Å². The third-order valence-electron chi connectivity index (χ3n) is 2.77. The average Bonchev–Trinajstić information content (AvgIpc) is 2.84. The minimum atomic E-state index is -0.407. The van der Waals surface area contributed by atoms with Gasteiger partial charge in [0, 0.05) is 11.6 Å². The van der Waals surface area contributed by atoms with E-state index in [9.17, 15) is 0 Å². The van der Waals surface area contributed by atoms with Crippen LogP contribution in [0.5, 0.6) is 5.75 Å². The zero-order chi connectivity index (χ0) is 12.5. The van der Waals surface area contributed by atoms with E-state index in [0.717, 1.165) is 11.3 Å². The maximum Gasteiger partial charge on any atom is 0.209 e. The molecule has 18 heavy (non-hydrogen) atoms. The summed E-state index contributed by atoms with van der Waals surface area (Å²) in [5.41, 5.74) is 1.58. The maximum absolute atomic E-state index is 5.35. The van der Waals surface area contributed by atoms with Gasteiger partial charge in [-0.2, -0.15) is 0 Å². The van der Waals surface area contributed by atoms with E-state index in [1.807, 2.05) is 37.3 Å². The van der Waals surface area contributed by atoms with Gasteiger partial charge in [0.15, 0.2) is 12.1 Å². The molecular formula is C13H13NO4. The highest BCUT2D eigenvalue weighted by molar-refractivity contribution is 5.58. The molecule has 0 bridgehead atoms. The number of benzene rings is 1. The number of aromatic nitrogens is 1. The Morgan fingerprint density at radius 1 is 1.17 bits per heavy atom. The minimum absolute atomic E-state index is 0.170. The summed E-state index contributed by atoms with van der Waals surface area (Å²) >= 11 is 0. The molecular weight excluding hydrogens is 234 g/mol. The Labute approximate surface area is 104 Å². The second kappa shape index (κ2) is 4.44. The van der Waals surface area contributed by atoms with Crippen LogP contribution < -0.4 is 4.74 Å². The van der Waals surface area contributed by atoms with Crippen molar-refractivity contribution in [2.24, 2.45) is 0 Å². The molecule has 0 N–H and O–H groups in total. The lowest BCUT2D eigenvalue weighted by atomic mass is 10.1. The fraction of sp³-hybridized carbons (Fsp3) is 0.308. The van der Waals surface area contributed by atoms with Crippen LogP contribution in [0.15, 0.2) is 34.9 Å². The molecule has 1 aromatic heterocycles. The standard InChI is InChI=1S/C13H13NO4/c1-8-16-13(17-8)11-7-12(18-14-11)9-3-5-10(15-2)6-4-9/h3-8,13H,1-2H3. The van der Waals surface area contributed by atoms with Crippen molar-refractivity contribution in [3.05, 3.63) is 36.0 Å².